The summed E-state index contributed by atoms with van der Waals surface area (Å²) in [5.74, 6) is 0.446. The van der Waals surface area contributed by atoms with E-state index in [1.807, 2.05) is 41.0 Å². The van der Waals surface area contributed by atoms with Crippen molar-refractivity contribution in [3.05, 3.63) is 81.6 Å². The van der Waals surface area contributed by atoms with E-state index in [4.69, 9.17) is 11.6 Å². The van der Waals surface area contributed by atoms with Gasteiger partial charge in [-0.1, -0.05) is 23.7 Å². The molecule has 11 heteroatoms. The molecule has 2 saturated carbocycles. The van der Waals surface area contributed by atoms with Crippen molar-refractivity contribution >= 4 is 34.4 Å². The molecule has 0 radical (unpaired) electrons. The number of hydrogen-bond acceptors (Lipinski definition) is 5. The lowest BCUT2D eigenvalue weighted by molar-refractivity contribution is 0.0904. The van der Waals surface area contributed by atoms with E-state index in [2.05, 4.69) is 20.6 Å². The van der Waals surface area contributed by atoms with Gasteiger partial charge in [0.1, 0.15) is 11.5 Å². The van der Waals surface area contributed by atoms with E-state index in [0.29, 0.717) is 31.1 Å². The fourth-order valence-electron chi connectivity index (χ4n) is 5.49. The third kappa shape index (κ3) is 5.45. The van der Waals surface area contributed by atoms with Gasteiger partial charge in [0.15, 0.2) is 0 Å². The summed E-state index contributed by atoms with van der Waals surface area (Å²) in [5.41, 5.74) is 1.50. The van der Waals surface area contributed by atoms with Crippen molar-refractivity contribution in [3.8, 4) is 5.69 Å². The Morgan fingerprint density at radius 3 is 2.38 bits per heavy atom. The zero-order valence-corrected chi connectivity index (χ0v) is 22.5. The van der Waals surface area contributed by atoms with E-state index in [-0.39, 0.29) is 28.2 Å². The first kappa shape index (κ1) is 26.4. The second-order valence-corrected chi connectivity index (χ2v) is 11.1. The highest BCUT2D eigenvalue weighted by atomic mass is 35.5. The third-order valence-corrected chi connectivity index (χ3v) is 7.94. The standard InChI is InChI=1S/C29H29ClF2N6O2/c30-18-13-22(26(27(31)32)34-14-18)28(39)36-20-7-5-17(6-8-20)16-37-23-3-1-2-4-24(23)38(29(37)40)21-11-12-25(33-15-21)35-19-9-10-19/h1-4,11-15,17,19-20,27H,5-10,16H2,(H,33,35)(H,36,39). The van der Waals surface area contributed by atoms with Crippen LogP contribution in [0.5, 0.6) is 0 Å². The number of benzene rings is 1. The number of rotatable bonds is 8. The fourth-order valence-corrected chi connectivity index (χ4v) is 5.65. The second-order valence-electron chi connectivity index (χ2n) is 10.6. The van der Waals surface area contributed by atoms with Crippen molar-refractivity contribution < 1.29 is 13.6 Å². The minimum Gasteiger partial charge on any atom is -0.367 e. The molecule has 0 saturated heterocycles. The Labute approximate surface area is 234 Å². The SMILES string of the molecule is O=C(NC1CCC(Cn2c(=O)n(-c3ccc(NC4CC4)nc3)c3ccccc32)CC1)c1cc(Cl)cnc1C(F)F. The number of fused-ring (bicyclic) bond motifs is 1. The van der Waals surface area contributed by atoms with Gasteiger partial charge in [0.2, 0.25) is 0 Å². The Morgan fingerprint density at radius 2 is 1.70 bits per heavy atom. The topological polar surface area (TPSA) is 93.8 Å². The first-order valence-corrected chi connectivity index (χ1v) is 13.9. The molecule has 2 N–H and O–H groups in total. The fraction of sp³-hybridized carbons (Fsp3) is 0.379. The maximum absolute atomic E-state index is 13.7. The molecule has 0 atom stereocenters. The lowest BCUT2D eigenvalue weighted by Crippen LogP contribution is -2.39. The molecule has 2 fully saturated rings. The highest BCUT2D eigenvalue weighted by Gasteiger charge is 2.27. The maximum atomic E-state index is 13.7. The molecule has 0 aliphatic heterocycles. The van der Waals surface area contributed by atoms with Gasteiger partial charge in [0.25, 0.3) is 12.3 Å². The van der Waals surface area contributed by atoms with Gasteiger partial charge in [-0.25, -0.2) is 18.6 Å². The van der Waals surface area contributed by atoms with E-state index < -0.39 is 18.0 Å². The van der Waals surface area contributed by atoms with Crippen molar-refractivity contribution in [2.24, 2.45) is 5.92 Å². The van der Waals surface area contributed by atoms with Crippen LogP contribution in [0, 0.1) is 5.92 Å². The Bertz CT molecular complexity index is 1590. The normalized spacial score (nSPS) is 19.2. The number of anilines is 1. The highest BCUT2D eigenvalue weighted by Crippen LogP contribution is 2.29. The molecular weight excluding hydrogens is 538 g/mol. The monoisotopic (exact) mass is 566 g/mol. The number of carbonyl (C=O) groups excluding carboxylic acids is 1. The molecule has 4 aromatic rings. The number of para-hydroxylation sites is 2. The summed E-state index contributed by atoms with van der Waals surface area (Å²) in [6.45, 7) is 0.551. The number of halogens is 3. The molecule has 8 nitrogen and oxygen atoms in total. The van der Waals surface area contributed by atoms with Gasteiger partial charge in [-0.2, -0.15) is 0 Å². The van der Waals surface area contributed by atoms with Gasteiger partial charge in [0.05, 0.1) is 33.5 Å². The number of hydrogen-bond donors (Lipinski definition) is 2. The molecule has 2 aliphatic rings. The number of aromatic nitrogens is 4. The van der Waals surface area contributed by atoms with Crippen molar-refractivity contribution in [2.45, 2.75) is 63.6 Å². The summed E-state index contributed by atoms with van der Waals surface area (Å²) >= 11 is 5.90. The molecule has 2 aliphatic carbocycles. The van der Waals surface area contributed by atoms with E-state index in [0.717, 1.165) is 48.7 Å². The molecule has 40 heavy (non-hydrogen) atoms. The van der Waals surface area contributed by atoms with E-state index in [1.165, 1.54) is 6.07 Å². The van der Waals surface area contributed by atoms with Crippen LogP contribution in [0.15, 0.2) is 59.7 Å². The molecule has 3 aromatic heterocycles. The van der Waals surface area contributed by atoms with Crippen LogP contribution < -0.4 is 16.3 Å². The third-order valence-electron chi connectivity index (χ3n) is 7.73. The first-order chi connectivity index (χ1) is 19.4. The largest absolute Gasteiger partial charge is 0.367 e. The summed E-state index contributed by atoms with van der Waals surface area (Å²) in [7, 11) is 0. The molecular formula is C29H29ClF2N6O2. The number of alkyl halides is 2. The van der Waals surface area contributed by atoms with Crippen LogP contribution in [0.4, 0.5) is 14.6 Å². The van der Waals surface area contributed by atoms with Crippen LogP contribution in [0.1, 0.15) is 61.0 Å². The summed E-state index contributed by atoms with van der Waals surface area (Å²) in [6, 6.07) is 13.1. The minimum atomic E-state index is -2.87. The van der Waals surface area contributed by atoms with Gasteiger partial charge < -0.3 is 10.6 Å². The molecule has 3 heterocycles. The summed E-state index contributed by atoms with van der Waals surface area (Å²) < 4.78 is 30.2. The van der Waals surface area contributed by atoms with E-state index >= 15 is 0 Å². The average molecular weight is 567 g/mol. The average Bonchev–Trinajstić information content (AvgIpc) is 3.73. The second kappa shape index (κ2) is 11.0. The minimum absolute atomic E-state index is 0.116. The number of amides is 1. The van der Waals surface area contributed by atoms with E-state index in [9.17, 15) is 18.4 Å². The van der Waals surface area contributed by atoms with Crippen LogP contribution in [0.25, 0.3) is 16.7 Å². The quantitative estimate of drug-likeness (QED) is 0.284. The molecule has 1 aromatic carbocycles. The summed E-state index contributed by atoms with van der Waals surface area (Å²) in [6.07, 6.45) is 5.22. The Balaban J connectivity index is 1.15. The number of nitrogens with zero attached hydrogens (tertiary/aromatic N) is 4. The van der Waals surface area contributed by atoms with E-state index in [1.54, 1.807) is 10.8 Å². The van der Waals surface area contributed by atoms with Crippen molar-refractivity contribution in [3.63, 3.8) is 0 Å². The number of nitrogens with one attached hydrogen (secondary N) is 2. The summed E-state index contributed by atoms with van der Waals surface area (Å²) in [4.78, 5) is 34.6. The molecule has 0 unspecified atom stereocenters. The molecule has 1 amide bonds. The molecule has 208 valence electrons. The van der Waals surface area contributed by atoms with Crippen molar-refractivity contribution in [1.82, 2.24) is 24.4 Å². The van der Waals surface area contributed by atoms with Crippen LogP contribution in [0.3, 0.4) is 0 Å². The lowest BCUT2D eigenvalue weighted by atomic mass is 9.85. The van der Waals surface area contributed by atoms with Crippen LogP contribution in [-0.4, -0.2) is 37.1 Å². The zero-order chi connectivity index (χ0) is 27.8. The number of carbonyl (C=O) groups is 1. The molecule has 0 bridgehead atoms. The highest BCUT2D eigenvalue weighted by molar-refractivity contribution is 6.30. The van der Waals surface area contributed by atoms with Crippen LogP contribution in [0.2, 0.25) is 5.02 Å². The van der Waals surface area contributed by atoms with Gasteiger partial charge in [-0.3, -0.25) is 18.9 Å². The summed E-state index contributed by atoms with van der Waals surface area (Å²) in [5, 5.41) is 6.37. The maximum Gasteiger partial charge on any atom is 0.333 e. The van der Waals surface area contributed by atoms with Crippen molar-refractivity contribution in [1.29, 1.82) is 0 Å². The Kier molecular flexibility index (Phi) is 7.27. The van der Waals surface area contributed by atoms with Gasteiger partial charge in [-0.15, -0.1) is 0 Å². The molecule has 6 rings (SSSR count). The van der Waals surface area contributed by atoms with Crippen LogP contribution in [-0.2, 0) is 6.54 Å². The number of imidazole rings is 1. The predicted octanol–water partition coefficient (Wildman–Crippen LogP) is 5.74. The lowest BCUT2D eigenvalue weighted by Gasteiger charge is -2.29. The predicted molar refractivity (Wildman–Crippen MR) is 149 cm³/mol. The van der Waals surface area contributed by atoms with Crippen LogP contribution >= 0.6 is 11.6 Å². The Hall–Kier alpha value is -3.79. The van der Waals surface area contributed by atoms with Crippen molar-refractivity contribution in [2.75, 3.05) is 5.32 Å². The Morgan fingerprint density at radius 1 is 0.975 bits per heavy atom. The van der Waals surface area contributed by atoms with Gasteiger partial charge in [-0.05, 0) is 74.8 Å². The molecule has 0 spiro atoms. The van der Waals surface area contributed by atoms with Gasteiger partial charge in [0, 0.05) is 24.8 Å². The van der Waals surface area contributed by atoms with Gasteiger partial charge >= 0.3 is 5.69 Å². The number of pyridine rings is 2. The zero-order valence-electron chi connectivity index (χ0n) is 21.7. The smallest absolute Gasteiger partial charge is 0.333 e. The first-order valence-electron chi connectivity index (χ1n) is 13.5.